The Bertz CT molecular complexity index is 831. The fourth-order valence-corrected chi connectivity index (χ4v) is 6.66. The highest BCUT2D eigenvalue weighted by Crippen LogP contribution is 2.27. The summed E-state index contributed by atoms with van der Waals surface area (Å²) < 4.78 is 27.5. The molecule has 2 aromatic heterocycles. The monoisotopic (exact) mass is 398 g/mol. The molecule has 0 unspecified atom stereocenters. The lowest BCUT2D eigenvalue weighted by atomic mass is 10.2. The zero-order valence-electron chi connectivity index (χ0n) is 14.2. The van der Waals surface area contributed by atoms with Crippen LogP contribution in [0, 0.1) is 6.92 Å². The average molecular weight is 399 g/mol. The molecule has 5 nitrogen and oxygen atoms in total. The molecular formula is C17H22N2O3S3. The van der Waals surface area contributed by atoms with Gasteiger partial charge in [0.25, 0.3) is 15.9 Å². The number of nitrogens with one attached hydrogen (secondary N) is 1. The van der Waals surface area contributed by atoms with Crippen molar-refractivity contribution in [3.05, 3.63) is 38.9 Å². The molecule has 0 aliphatic carbocycles. The van der Waals surface area contributed by atoms with Crippen LogP contribution in [0.2, 0.25) is 0 Å². The lowest BCUT2D eigenvalue weighted by molar-refractivity contribution is 0.0955. The summed E-state index contributed by atoms with van der Waals surface area (Å²) in [6.45, 7) is 3.45. The molecular weight excluding hydrogens is 376 g/mol. The molecule has 2 aromatic rings. The fourth-order valence-electron chi connectivity index (χ4n) is 2.85. The van der Waals surface area contributed by atoms with Gasteiger partial charge in [0, 0.05) is 18.0 Å². The Balaban J connectivity index is 1.65. The first-order chi connectivity index (χ1) is 12.0. The first kappa shape index (κ1) is 18.6. The Morgan fingerprint density at radius 2 is 1.88 bits per heavy atom. The average Bonchev–Trinajstić information content (AvgIpc) is 3.14. The van der Waals surface area contributed by atoms with E-state index in [0.29, 0.717) is 28.7 Å². The highest BCUT2D eigenvalue weighted by molar-refractivity contribution is 7.91. The van der Waals surface area contributed by atoms with Gasteiger partial charge < -0.3 is 5.32 Å². The van der Waals surface area contributed by atoms with Gasteiger partial charge in [-0.05, 0) is 48.9 Å². The number of carbonyl (C=O) groups excluding carboxylic acids is 1. The summed E-state index contributed by atoms with van der Waals surface area (Å²) in [6.07, 6.45) is 4.03. The molecule has 1 fully saturated rings. The lowest BCUT2D eigenvalue weighted by Crippen LogP contribution is -2.31. The van der Waals surface area contributed by atoms with Crippen LogP contribution >= 0.6 is 22.7 Å². The topological polar surface area (TPSA) is 66.5 Å². The minimum Gasteiger partial charge on any atom is -0.346 e. The van der Waals surface area contributed by atoms with Crippen molar-refractivity contribution in [1.82, 2.24) is 9.62 Å². The Morgan fingerprint density at radius 1 is 1.16 bits per heavy atom. The predicted molar refractivity (Wildman–Crippen MR) is 102 cm³/mol. The number of sulfonamides is 1. The number of aryl methyl sites for hydroxylation is 1. The third-order valence-electron chi connectivity index (χ3n) is 4.29. The summed E-state index contributed by atoms with van der Waals surface area (Å²) in [5.41, 5.74) is 0.957. The highest BCUT2D eigenvalue weighted by Gasteiger charge is 2.26. The van der Waals surface area contributed by atoms with Crippen LogP contribution in [0.5, 0.6) is 0 Å². The molecule has 0 saturated carbocycles. The number of rotatable bonds is 5. The van der Waals surface area contributed by atoms with E-state index in [1.54, 1.807) is 16.4 Å². The molecule has 3 heterocycles. The van der Waals surface area contributed by atoms with Crippen molar-refractivity contribution in [2.45, 2.75) is 43.4 Å². The molecule has 3 rings (SSSR count). The van der Waals surface area contributed by atoms with Gasteiger partial charge in [-0.1, -0.05) is 12.8 Å². The van der Waals surface area contributed by atoms with Gasteiger partial charge in [0.1, 0.15) is 4.21 Å². The summed E-state index contributed by atoms with van der Waals surface area (Å²) >= 11 is 2.65. The van der Waals surface area contributed by atoms with E-state index in [2.05, 4.69) is 5.32 Å². The first-order valence-corrected chi connectivity index (χ1v) is 11.5. The van der Waals surface area contributed by atoms with Crippen LogP contribution in [0.1, 0.15) is 45.8 Å². The van der Waals surface area contributed by atoms with Gasteiger partial charge in [0.05, 0.1) is 11.4 Å². The summed E-state index contributed by atoms with van der Waals surface area (Å²) in [4.78, 5) is 13.7. The molecule has 8 heteroatoms. The van der Waals surface area contributed by atoms with Crippen LogP contribution < -0.4 is 5.32 Å². The van der Waals surface area contributed by atoms with Gasteiger partial charge in [-0.2, -0.15) is 4.31 Å². The van der Waals surface area contributed by atoms with Gasteiger partial charge in [-0.15, -0.1) is 22.7 Å². The third kappa shape index (κ3) is 4.31. The van der Waals surface area contributed by atoms with Crippen LogP contribution in [0.15, 0.2) is 27.8 Å². The largest absolute Gasteiger partial charge is 0.346 e. The second-order valence-corrected chi connectivity index (χ2v) is 10.4. The molecule has 1 aliphatic rings. The second kappa shape index (κ2) is 7.99. The van der Waals surface area contributed by atoms with Gasteiger partial charge in [0.2, 0.25) is 0 Å². The van der Waals surface area contributed by atoms with Crippen LogP contribution in [-0.2, 0) is 16.6 Å². The summed E-state index contributed by atoms with van der Waals surface area (Å²) in [5, 5.41) is 4.76. The normalized spacial score (nSPS) is 16.5. The van der Waals surface area contributed by atoms with Crippen molar-refractivity contribution >= 4 is 38.6 Å². The highest BCUT2D eigenvalue weighted by atomic mass is 32.2. The maximum Gasteiger partial charge on any atom is 0.261 e. The Kier molecular flexibility index (Phi) is 5.93. The molecule has 136 valence electrons. The van der Waals surface area contributed by atoms with Crippen LogP contribution in [0.25, 0.3) is 0 Å². The predicted octanol–water partition coefficient (Wildman–Crippen LogP) is 3.61. The van der Waals surface area contributed by atoms with E-state index < -0.39 is 10.0 Å². The quantitative estimate of drug-likeness (QED) is 0.837. The van der Waals surface area contributed by atoms with E-state index in [0.717, 1.165) is 36.1 Å². The fraction of sp³-hybridized carbons (Fsp3) is 0.471. The van der Waals surface area contributed by atoms with Gasteiger partial charge in [-0.25, -0.2) is 8.42 Å². The molecule has 25 heavy (non-hydrogen) atoms. The molecule has 0 aromatic carbocycles. The van der Waals surface area contributed by atoms with Crippen LogP contribution in [-0.4, -0.2) is 31.7 Å². The minimum atomic E-state index is -3.41. The van der Waals surface area contributed by atoms with E-state index in [9.17, 15) is 13.2 Å². The van der Waals surface area contributed by atoms with E-state index >= 15 is 0 Å². The molecule has 1 amide bonds. The number of hydrogen-bond acceptors (Lipinski definition) is 5. The SMILES string of the molecule is Cc1ccsc1C(=O)NCc1ccc(S(=O)(=O)N2CCCCCC2)s1. The standard InChI is InChI=1S/C17H22N2O3S3/c1-13-8-11-23-16(13)17(20)18-12-14-6-7-15(24-14)25(21,22)19-9-4-2-3-5-10-19/h6-8,11H,2-5,9-10,12H2,1H3,(H,18,20). The van der Waals surface area contributed by atoms with Gasteiger partial charge >= 0.3 is 0 Å². The second-order valence-electron chi connectivity index (χ2n) is 6.15. The zero-order valence-corrected chi connectivity index (χ0v) is 16.6. The lowest BCUT2D eigenvalue weighted by Gasteiger charge is -2.18. The zero-order chi connectivity index (χ0) is 17.9. The van der Waals surface area contributed by atoms with E-state index in [4.69, 9.17) is 0 Å². The van der Waals surface area contributed by atoms with E-state index in [1.807, 2.05) is 18.4 Å². The first-order valence-electron chi connectivity index (χ1n) is 8.39. The summed E-state index contributed by atoms with van der Waals surface area (Å²) in [5.74, 6) is -0.113. The molecule has 0 bridgehead atoms. The van der Waals surface area contributed by atoms with Crippen molar-refractivity contribution in [1.29, 1.82) is 0 Å². The smallest absolute Gasteiger partial charge is 0.261 e. The number of thiophene rings is 2. The van der Waals surface area contributed by atoms with Crippen LogP contribution in [0.3, 0.4) is 0 Å². The Labute approximate surface area is 156 Å². The van der Waals surface area contributed by atoms with Crippen molar-refractivity contribution in [2.24, 2.45) is 0 Å². The van der Waals surface area contributed by atoms with Gasteiger partial charge in [-0.3, -0.25) is 4.79 Å². The van der Waals surface area contributed by atoms with Crippen LogP contribution in [0.4, 0.5) is 0 Å². The maximum absolute atomic E-state index is 12.8. The van der Waals surface area contributed by atoms with E-state index in [-0.39, 0.29) is 5.91 Å². The molecule has 1 N–H and O–H groups in total. The number of nitrogens with zero attached hydrogens (tertiary/aromatic N) is 1. The number of amides is 1. The molecule has 0 radical (unpaired) electrons. The van der Waals surface area contributed by atoms with Crippen molar-refractivity contribution in [2.75, 3.05) is 13.1 Å². The third-order valence-corrected chi connectivity index (χ3v) is 8.75. The number of hydrogen-bond donors (Lipinski definition) is 1. The van der Waals surface area contributed by atoms with Crippen molar-refractivity contribution < 1.29 is 13.2 Å². The van der Waals surface area contributed by atoms with Crippen molar-refractivity contribution in [3.8, 4) is 0 Å². The Morgan fingerprint density at radius 3 is 2.52 bits per heavy atom. The summed E-state index contributed by atoms with van der Waals surface area (Å²) in [6, 6.07) is 5.36. The molecule has 1 aliphatic heterocycles. The molecule has 1 saturated heterocycles. The van der Waals surface area contributed by atoms with E-state index in [1.165, 1.54) is 22.7 Å². The summed E-state index contributed by atoms with van der Waals surface area (Å²) in [7, 11) is -3.41. The van der Waals surface area contributed by atoms with Gasteiger partial charge in [0.15, 0.2) is 0 Å². The van der Waals surface area contributed by atoms with Crippen molar-refractivity contribution in [3.63, 3.8) is 0 Å². The maximum atomic E-state index is 12.8. The number of carbonyl (C=O) groups is 1. The molecule has 0 atom stereocenters. The molecule has 0 spiro atoms. The Hall–Kier alpha value is -1.22. The minimum absolute atomic E-state index is 0.113.